The van der Waals surface area contributed by atoms with E-state index in [1.54, 1.807) is 0 Å². The van der Waals surface area contributed by atoms with Crippen LogP contribution >= 0.6 is 0 Å². The van der Waals surface area contributed by atoms with Crippen molar-refractivity contribution in [3.05, 3.63) is 25.3 Å². The molecule has 0 saturated heterocycles. The standard InChI is InChI=1S/C18H29N3O7/c1-3-11-27-15(22)9-8-13(16(23)24)20-18(26)21-14(7-5-6-10-19)17(25)28-12-4-2/h3-4,13-14H,1-2,5-12,19H2,(H,23,24)(H2,20,21,26). The number of rotatable bonds is 15. The molecule has 0 heterocycles. The number of amides is 2. The summed E-state index contributed by atoms with van der Waals surface area (Å²) >= 11 is 0. The molecule has 0 bridgehead atoms. The van der Waals surface area contributed by atoms with Crippen LogP contribution in [0.5, 0.6) is 0 Å². The second-order valence-electron chi connectivity index (χ2n) is 5.77. The van der Waals surface area contributed by atoms with E-state index in [9.17, 15) is 24.3 Å². The number of carbonyl (C=O) groups excluding carboxylic acids is 3. The first-order chi connectivity index (χ1) is 13.3. The van der Waals surface area contributed by atoms with Gasteiger partial charge in [-0.3, -0.25) is 4.79 Å². The molecule has 158 valence electrons. The highest BCUT2D eigenvalue weighted by Crippen LogP contribution is 2.04. The van der Waals surface area contributed by atoms with Crippen molar-refractivity contribution in [2.24, 2.45) is 5.73 Å². The molecule has 0 aromatic rings. The number of aliphatic carboxylic acids is 1. The Labute approximate surface area is 164 Å². The lowest BCUT2D eigenvalue weighted by Crippen LogP contribution is -2.51. The number of nitrogens with one attached hydrogen (secondary N) is 2. The molecule has 0 aliphatic heterocycles. The van der Waals surface area contributed by atoms with E-state index in [4.69, 9.17) is 15.2 Å². The third-order valence-corrected chi connectivity index (χ3v) is 3.48. The Bertz CT molecular complexity index is 551. The number of hydrogen-bond donors (Lipinski definition) is 4. The summed E-state index contributed by atoms with van der Waals surface area (Å²) in [4.78, 5) is 46.9. The Morgan fingerprint density at radius 3 is 2.14 bits per heavy atom. The molecular weight excluding hydrogens is 370 g/mol. The summed E-state index contributed by atoms with van der Waals surface area (Å²) in [5.74, 6) is -2.59. The van der Waals surface area contributed by atoms with Crippen molar-refractivity contribution < 1.29 is 33.8 Å². The maximum absolute atomic E-state index is 12.1. The largest absolute Gasteiger partial charge is 0.480 e. The van der Waals surface area contributed by atoms with Gasteiger partial charge in [0.15, 0.2) is 0 Å². The number of carbonyl (C=O) groups is 4. The molecule has 0 aromatic heterocycles. The van der Waals surface area contributed by atoms with Gasteiger partial charge in [-0.25, -0.2) is 14.4 Å². The second kappa shape index (κ2) is 15.2. The van der Waals surface area contributed by atoms with E-state index < -0.39 is 36.0 Å². The number of esters is 2. The molecule has 0 aliphatic carbocycles. The maximum Gasteiger partial charge on any atom is 0.329 e. The minimum absolute atomic E-state index is 0.0138. The van der Waals surface area contributed by atoms with Crippen molar-refractivity contribution in [3.8, 4) is 0 Å². The van der Waals surface area contributed by atoms with Gasteiger partial charge >= 0.3 is 23.9 Å². The highest BCUT2D eigenvalue weighted by Gasteiger charge is 2.25. The third-order valence-electron chi connectivity index (χ3n) is 3.48. The first-order valence-electron chi connectivity index (χ1n) is 8.89. The van der Waals surface area contributed by atoms with Crippen LogP contribution in [0.15, 0.2) is 25.3 Å². The van der Waals surface area contributed by atoms with Gasteiger partial charge in [0.05, 0.1) is 0 Å². The summed E-state index contributed by atoms with van der Waals surface area (Å²) in [7, 11) is 0. The number of carboxylic acids is 1. The number of carboxylic acid groups (broad SMARTS) is 1. The molecule has 10 nitrogen and oxygen atoms in total. The fourth-order valence-corrected chi connectivity index (χ4v) is 2.09. The number of ether oxygens (including phenoxy) is 2. The van der Waals surface area contributed by atoms with E-state index in [0.717, 1.165) is 0 Å². The van der Waals surface area contributed by atoms with Crippen molar-refractivity contribution in [1.29, 1.82) is 0 Å². The fourth-order valence-electron chi connectivity index (χ4n) is 2.09. The van der Waals surface area contributed by atoms with E-state index >= 15 is 0 Å². The molecule has 0 aliphatic rings. The van der Waals surface area contributed by atoms with Crippen molar-refractivity contribution in [2.75, 3.05) is 19.8 Å². The number of nitrogens with two attached hydrogens (primary N) is 1. The molecule has 5 N–H and O–H groups in total. The highest BCUT2D eigenvalue weighted by molar-refractivity contribution is 5.86. The van der Waals surface area contributed by atoms with Crippen molar-refractivity contribution >= 4 is 23.9 Å². The van der Waals surface area contributed by atoms with Crippen LogP contribution in [-0.4, -0.2) is 60.9 Å². The monoisotopic (exact) mass is 399 g/mol. The van der Waals surface area contributed by atoms with Gasteiger partial charge < -0.3 is 30.9 Å². The molecule has 28 heavy (non-hydrogen) atoms. The summed E-state index contributed by atoms with van der Waals surface area (Å²) in [6.07, 6.45) is 3.91. The van der Waals surface area contributed by atoms with Gasteiger partial charge in [0, 0.05) is 6.42 Å². The molecule has 10 heteroatoms. The molecule has 2 atom stereocenters. The number of hydrogen-bond acceptors (Lipinski definition) is 7. The van der Waals surface area contributed by atoms with Crippen LogP contribution in [0.3, 0.4) is 0 Å². The Morgan fingerprint density at radius 1 is 0.964 bits per heavy atom. The molecule has 0 aromatic carbocycles. The van der Waals surface area contributed by atoms with Gasteiger partial charge in [-0.05, 0) is 32.2 Å². The van der Waals surface area contributed by atoms with Gasteiger partial charge in [-0.2, -0.15) is 0 Å². The van der Waals surface area contributed by atoms with Gasteiger partial charge in [0.25, 0.3) is 0 Å². The molecule has 2 unspecified atom stereocenters. The Morgan fingerprint density at radius 2 is 1.57 bits per heavy atom. The number of urea groups is 1. The fraction of sp³-hybridized carbons (Fsp3) is 0.556. The third kappa shape index (κ3) is 11.7. The Balaban J connectivity index is 4.74. The van der Waals surface area contributed by atoms with Gasteiger partial charge in [0.1, 0.15) is 25.3 Å². The van der Waals surface area contributed by atoms with Crippen molar-refractivity contribution in [2.45, 2.75) is 44.2 Å². The lowest BCUT2D eigenvalue weighted by Gasteiger charge is -2.20. The summed E-state index contributed by atoms with van der Waals surface area (Å²) in [5.41, 5.74) is 5.42. The molecule has 0 spiro atoms. The van der Waals surface area contributed by atoms with Crippen LogP contribution in [0, 0.1) is 0 Å². The van der Waals surface area contributed by atoms with Crippen LogP contribution in [-0.2, 0) is 23.9 Å². The predicted octanol–water partition coefficient (Wildman–Crippen LogP) is 0.475. The zero-order valence-electron chi connectivity index (χ0n) is 15.9. The van der Waals surface area contributed by atoms with E-state index in [1.165, 1.54) is 12.2 Å². The van der Waals surface area contributed by atoms with E-state index in [-0.39, 0.29) is 32.5 Å². The summed E-state index contributed by atoms with van der Waals surface area (Å²) in [6.45, 7) is 7.27. The smallest absolute Gasteiger partial charge is 0.329 e. The molecule has 0 radical (unpaired) electrons. The van der Waals surface area contributed by atoms with E-state index in [1.807, 2.05) is 0 Å². The summed E-state index contributed by atoms with van der Waals surface area (Å²) in [6, 6.07) is -3.15. The van der Waals surface area contributed by atoms with E-state index in [0.29, 0.717) is 19.4 Å². The molecule has 0 saturated carbocycles. The quantitative estimate of drug-likeness (QED) is 0.176. The zero-order chi connectivity index (χ0) is 21.4. The maximum atomic E-state index is 12.1. The van der Waals surface area contributed by atoms with Crippen LogP contribution in [0.25, 0.3) is 0 Å². The zero-order valence-corrected chi connectivity index (χ0v) is 15.9. The van der Waals surface area contributed by atoms with Gasteiger partial charge in [-0.15, -0.1) is 0 Å². The number of unbranched alkanes of at least 4 members (excludes halogenated alkanes) is 1. The van der Waals surface area contributed by atoms with Crippen LogP contribution in [0.4, 0.5) is 4.79 Å². The lowest BCUT2D eigenvalue weighted by molar-refractivity contribution is -0.145. The van der Waals surface area contributed by atoms with E-state index in [2.05, 4.69) is 23.8 Å². The molecular formula is C18H29N3O7. The van der Waals surface area contributed by atoms with Gasteiger partial charge in [0.2, 0.25) is 0 Å². The predicted molar refractivity (Wildman–Crippen MR) is 101 cm³/mol. The average molecular weight is 399 g/mol. The lowest BCUT2D eigenvalue weighted by atomic mass is 10.1. The summed E-state index contributed by atoms with van der Waals surface area (Å²) < 4.78 is 9.69. The molecule has 0 fully saturated rings. The SMILES string of the molecule is C=CCOC(=O)CCC(NC(=O)NC(CCCCN)C(=O)OCC=C)C(=O)O. The van der Waals surface area contributed by atoms with Crippen molar-refractivity contribution in [1.82, 2.24) is 10.6 Å². The summed E-state index contributed by atoms with van der Waals surface area (Å²) in [5, 5.41) is 13.8. The Kier molecular flexibility index (Phi) is 13.6. The van der Waals surface area contributed by atoms with Crippen LogP contribution in [0.2, 0.25) is 0 Å². The van der Waals surface area contributed by atoms with Gasteiger partial charge in [-0.1, -0.05) is 25.3 Å². The molecule has 2 amide bonds. The topological polar surface area (TPSA) is 157 Å². The first kappa shape index (κ1) is 25.1. The van der Waals surface area contributed by atoms with Crippen LogP contribution < -0.4 is 16.4 Å². The minimum Gasteiger partial charge on any atom is -0.480 e. The van der Waals surface area contributed by atoms with Crippen molar-refractivity contribution in [3.63, 3.8) is 0 Å². The van der Waals surface area contributed by atoms with Crippen LogP contribution in [0.1, 0.15) is 32.1 Å². The normalized spacial score (nSPS) is 12.2. The average Bonchev–Trinajstić information content (AvgIpc) is 2.66. The Hall–Kier alpha value is -2.88. The second-order valence-corrected chi connectivity index (χ2v) is 5.77. The molecule has 0 rings (SSSR count). The highest BCUT2D eigenvalue weighted by atomic mass is 16.5. The first-order valence-corrected chi connectivity index (χ1v) is 8.89. The minimum atomic E-state index is -1.33.